The number of thioether (sulfide) groups is 1. The third-order valence-electron chi connectivity index (χ3n) is 4.23. The molecular weight excluding hydrogens is 400 g/mol. The van der Waals surface area contributed by atoms with Crippen LogP contribution in [0.2, 0.25) is 0 Å². The fourth-order valence-electron chi connectivity index (χ4n) is 2.92. The predicted molar refractivity (Wildman–Crippen MR) is 109 cm³/mol. The fourth-order valence-corrected chi connectivity index (χ4v) is 4.92. The van der Waals surface area contributed by atoms with Crippen molar-refractivity contribution >= 4 is 46.0 Å². The molecule has 9 heteroatoms. The highest BCUT2D eigenvalue weighted by molar-refractivity contribution is 8.00. The van der Waals surface area contributed by atoms with Crippen molar-refractivity contribution in [2.75, 3.05) is 25.3 Å². The van der Waals surface area contributed by atoms with Crippen LogP contribution in [0.1, 0.15) is 27.2 Å². The van der Waals surface area contributed by atoms with Crippen molar-refractivity contribution in [3.8, 4) is 5.75 Å². The molecule has 1 aromatic carbocycles. The first-order valence-corrected chi connectivity index (χ1v) is 10.4. The Morgan fingerprint density at radius 1 is 1.14 bits per heavy atom. The Balaban J connectivity index is 1.68. The second kappa shape index (κ2) is 9.11. The van der Waals surface area contributed by atoms with Gasteiger partial charge in [-0.25, -0.2) is 4.79 Å². The maximum absolute atomic E-state index is 12.5. The number of thiophene rings is 1. The van der Waals surface area contributed by atoms with E-state index in [1.807, 2.05) is 24.3 Å². The molecule has 2 N–H and O–H groups in total. The molecule has 0 radical (unpaired) electrons. The van der Waals surface area contributed by atoms with Crippen molar-refractivity contribution in [1.82, 2.24) is 5.32 Å². The molecule has 0 atom stereocenters. The lowest BCUT2D eigenvalue weighted by Crippen LogP contribution is -2.31. The molecule has 7 nitrogen and oxygen atoms in total. The van der Waals surface area contributed by atoms with E-state index in [-0.39, 0.29) is 11.7 Å². The molecule has 1 aromatic heterocycles. The molecule has 1 aliphatic carbocycles. The minimum atomic E-state index is -0.824. The molecule has 0 spiro atoms. The molecule has 2 aromatic rings. The highest BCUT2D eigenvalue weighted by Crippen LogP contribution is 2.39. The molecule has 3 amide bonds. The fraction of sp³-hybridized carbons (Fsp3) is 0.316. The molecular formula is C19H20N2O5S2. The first-order chi connectivity index (χ1) is 13.5. The summed E-state index contributed by atoms with van der Waals surface area (Å²) >= 11 is 2.78. The molecule has 0 bridgehead atoms. The molecule has 3 rings (SSSR count). The van der Waals surface area contributed by atoms with E-state index in [2.05, 4.69) is 15.4 Å². The maximum atomic E-state index is 12.5. The summed E-state index contributed by atoms with van der Waals surface area (Å²) in [5.41, 5.74) is 1.27. The molecule has 0 unspecified atom stereocenters. The Kier molecular flexibility index (Phi) is 6.58. The summed E-state index contributed by atoms with van der Waals surface area (Å²) in [5, 5.41) is 5.49. The highest BCUT2D eigenvalue weighted by Gasteiger charge is 2.28. The number of anilines is 1. The van der Waals surface area contributed by atoms with Gasteiger partial charge in [-0.1, -0.05) is 0 Å². The van der Waals surface area contributed by atoms with Gasteiger partial charge in [-0.2, -0.15) is 0 Å². The number of aryl methyl sites for hydroxylation is 1. The predicted octanol–water partition coefficient (Wildman–Crippen LogP) is 3.47. The van der Waals surface area contributed by atoms with Crippen LogP contribution in [0.25, 0.3) is 0 Å². The van der Waals surface area contributed by atoms with Gasteiger partial charge >= 0.3 is 6.09 Å². The number of imide groups is 1. The third kappa shape index (κ3) is 4.66. The van der Waals surface area contributed by atoms with Gasteiger partial charge in [0.05, 0.1) is 25.5 Å². The molecule has 1 heterocycles. The Morgan fingerprint density at radius 3 is 2.57 bits per heavy atom. The van der Waals surface area contributed by atoms with Crippen LogP contribution in [-0.4, -0.2) is 37.9 Å². The van der Waals surface area contributed by atoms with Gasteiger partial charge in [0.2, 0.25) is 5.91 Å². The number of carbonyl (C=O) groups is 3. The smallest absolute Gasteiger partial charge is 0.413 e. The largest absolute Gasteiger partial charge is 0.497 e. The zero-order chi connectivity index (χ0) is 20.1. The van der Waals surface area contributed by atoms with E-state index < -0.39 is 12.0 Å². The number of carbonyl (C=O) groups excluding carboxylic acids is 3. The van der Waals surface area contributed by atoms with E-state index in [0.717, 1.165) is 40.3 Å². The second-order valence-electron chi connectivity index (χ2n) is 6.02. The number of nitrogens with one attached hydrogen (secondary N) is 2. The van der Waals surface area contributed by atoms with Crippen LogP contribution >= 0.6 is 23.1 Å². The second-order valence-corrected chi connectivity index (χ2v) is 8.17. The lowest BCUT2D eigenvalue weighted by atomic mass is 10.1. The number of hydrogen-bond acceptors (Lipinski definition) is 7. The summed E-state index contributed by atoms with van der Waals surface area (Å²) in [6.45, 7) is 0. The normalized spacial score (nSPS) is 12.2. The monoisotopic (exact) mass is 420 g/mol. The van der Waals surface area contributed by atoms with E-state index in [1.54, 1.807) is 7.11 Å². The van der Waals surface area contributed by atoms with Gasteiger partial charge < -0.3 is 14.8 Å². The van der Waals surface area contributed by atoms with Crippen molar-refractivity contribution in [2.45, 2.75) is 24.2 Å². The summed E-state index contributed by atoms with van der Waals surface area (Å²) in [4.78, 5) is 38.3. The Hall–Kier alpha value is -2.52. The topological polar surface area (TPSA) is 93.7 Å². The first kappa shape index (κ1) is 20.2. The van der Waals surface area contributed by atoms with Gasteiger partial charge in [-0.05, 0) is 49.1 Å². The van der Waals surface area contributed by atoms with E-state index in [1.165, 1.54) is 30.2 Å². The Labute approximate surface area is 170 Å². The quantitative estimate of drug-likeness (QED) is 0.695. The Morgan fingerprint density at radius 2 is 1.89 bits per heavy atom. The summed E-state index contributed by atoms with van der Waals surface area (Å²) in [6, 6.07) is 7.43. The lowest BCUT2D eigenvalue weighted by molar-refractivity contribution is -0.113. The van der Waals surface area contributed by atoms with E-state index in [0.29, 0.717) is 10.6 Å². The van der Waals surface area contributed by atoms with Crippen LogP contribution in [0.4, 0.5) is 9.80 Å². The van der Waals surface area contributed by atoms with Crippen LogP contribution in [-0.2, 0) is 22.4 Å². The number of alkyl carbamates (subject to hydrolysis) is 1. The summed E-state index contributed by atoms with van der Waals surface area (Å²) in [6.07, 6.45) is 1.76. The molecule has 0 fully saturated rings. The first-order valence-electron chi connectivity index (χ1n) is 8.62. The number of fused-ring (bicyclic) bond motifs is 1. The molecule has 0 saturated heterocycles. The van der Waals surface area contributed by atoms with E-state index in [9.17, 15) is 14.4 Å². The van der Waals surface area contributed by atoms with Gasteiger partial charge in [0, 0.05) is 9.77 Å². The van der Waals surface area contributed by atoms with Crippen molar-refractivity contribution in [1.29, 1.82) is 0 Å². The average Bonchev–Trinajstić information content (AvgIpc) is 3.27. The zero-order valence-electron chi connectivity index (χ0n) is 15.5. The molecule has 148 valence electrons. The number of methoxy groups -OCH3 is 2. The molecule has 28 heavy (non-hydrogen) atoms. The third-order valence-corrected chi connectivity index (χ3v) is 6.45. The number of hydrogen-bond donors (Lipinski definition) is 2. The maximum Gasteiger partial charge on any atom is 0.413 e. The van der Waals surface area contributed by atoms with Crippen LogP contribution in [0.3, 0.4) is 0 Å². The van der Waals surface area contributed by atoms with E-state index in [4.69, 9.17) is 4.74 Å². The van der Waals surface area contributed by atoms with Crippen molar-refractivity contribution < 1.29 is 23.9 Å². The van der Waals surface area contributed by atoms with Crippen molar-refractivity contribution in [2.24, 2.45) is 0 Å². The number of benzene rings is 1. The SMILES string of the molecule is COC(=O)NC(=O)c1c(NC(=O)CSc2ccc(OC)cc2)sc2c1CCC2. The van der Waals surface area contributed by atoms with Crippen LogP contribution in [0, 0.1) is 0 Å². The summed E-state index contributed by atoms with van der Waals surface area (Å²) < 4.78 is 9.61. The number of ether oxygens (including phenoxy) is 2. The van der Waals surface area contributed by atoms with Gasteiger partial charge in [-0.3, -0.25) is 14.9 Å². The van der Waals surface area contributed by atoms with Crippen LogP contribution in [0.15, 0.2) is 29.2 Å². The summed E-state index contributed by atoms with van der Waals surface area (Å²) in [5.74, 6) is 0.188. The number of rotatable bonds is 6. The van der Waals surface area contributed by atoms with Gasteiger partial charge in [-0.15, -0.1) is 23.1 Å². The molecule has 1 aliphatic rings. The minimum Gasteiger partial charge on any atom is -0.497 e. The highest BCUT2D eigenvalue weighted by atomic mass is 32.2. The summed E-state index contributed by atoms with van der Waals surface area (Å²) in [7, 11) is 2.79. The van der Waals surface area contributed by atoms with Gasteiger partial charge in [0.25, 0.3) is 5.91 Å². The van der Waals surface area contributed by atoms with Crippen molar-refractivity contribution in [3.05, 3.63) is 40.3 Å². The van der Waals surface area contributed by atoms with Crippen molar-refractivity contribution in [3.63, 3.8) is 0 Å². The standard InChI is InChI=1S/C19H20N2O5S2/c1-25-11-6-8-12(9-7-11)27-10-15(22)20-18-16(17(23)21-19(24)26-2)13-4-3-5-14(13)28-18/h6-9H,3-5,10H2,1-2H3,(H,20,22)(H,21,23,24). The van der Waals surface area contributed by atoms with Crippen LogP contribution in [0.5, 0.6) is 5.75 Å². The van der Waals surface area contributed by atoms with Gasteiger partial charge in [0.15, 0.2) is 0 Å². The number of amides is 3. The van der Waals surface area contributed by atoms with Gasteiger partial charge in [0.1, 0.15) is 10.8 Å². The minimum absolute atomic E-state index is 0.201. The lowest BCUT2D eigenvalue weighted by Gasteiger charge is -2.08. The average molecular weight is 421 g/mol. The van der Waals surface area contributed by atoms with Crippen LogP contribution < -0.4 is 15.4 Å². The molecule has 0 aliphatic heterocycles. The molecule has 0 saturated carbocycles. The van der Waals surface area contributed by atoms with E-state index >= 15 is 0 Å². The zero-order valence-corrected chi connectivity index (χ0v) is 17.1. The Bertz CT molecular complexity index is 892.